The van der Waals surface area contributed by atoms with E-state index in [0.29, 0.717) is 4.47 Å². The molecule has 1 aromatic rings. The number of anilines is 1. The highest BCUT2D eigenvalue weighted by Crippen LogP contribution is 2.34. The number of nitrogens with one attached hydrogen (secondary N) is 1. The maximum Gasteiger partial charge on any atom is 0.271 e. The van der Waals surface area contributed by atoms with Gasteiger partial charge in [0.25, 0.3) is 23.0 Å². The predicted octanol–water partition coefficient (Wildman–Crippen LogP) is 1.30. The molecule has 1 heterocycles. The quantitative estimate of drug-likeness (QED) is 0.743. The molecule has 0 fully saturated rings. The van der Waals surface area contributed by atoms with Gasteiger partial charge in [0.15, 0.2) is 5.75 Å². The second-order valence-electron chi connectivity index (χ2n) is 4.41. The molecule has 0 bridgehead atoms. The topological polar surface area (TPSA) is 104 Å². The van der Waals surface area contributed by atoms with Gasteiger partial charge in [0, 0.05) is 18.6 Å². The summed E-state index contributed by atoms with van der Waals surface area (Å²) in [6.45, 7) is 0. The van der Waals surface area contributed by atoms with Crippen LogP contribution in [0.2, 0.25) is 0 Å². The van der Waals surface area contributed by atoms with Gasteiger partial charge in [-0.1, -0.05) is 0 Å². The zero-order valence-electron chi connectivity index (χ0n) is 12.0. The van der Waals surface area contributed by atoms with Crippen LogP contribution in [0.3, 0.4) is 0 Å². The number of carbonyl (C=O) groups is 1. The van der Waals surface area contributed by atoms with Crippen LogP contribution < -0.4 is 5.32 Å². The van der Waals surface area contributed by atoms with Gasteiger partial charge in [-0.05, 0) is 28.1 Å². The Morgan fingerprint density at radius 1 is 1.41 bits per heavy atom. The number of nitrogens with zero attached hydrogens (tertiary/aromatic N) is 3. The third kappa shape index (κ3) is 3.12. The molecule has 1 aromatic carbocycles. The van der Waals surface area contributed by atoms with Crippen LogP contribution in [-0.4, -0.2) is 53.1 Å². The zero-order valence-corrected chi connectivity index (χ0v) is 14.4. The van der Waals surface area contributed by atoms with Crippen molar-refractivity contribution in [1.82, 2.24) is 4.90 Å². The molecule has 1 unspecified atom stereocenters. The van der Waals surface area contributed by atoms with E-state index in [0.717, 1.165) is 0 Å². The van der Waals surface area contributed by atoms with Crippen LogP contribution in [0.5, 0.6) is 5.75 Å². The fourth-order valence-corrected chi connectivity index (χ4v) is 2.80. The number of benzene rings is 1. The van der Waals surface area contributed by atoms with Gasteiger partial charge in [-0.15, -0.1) is 8.80 Å². The number of carbonyl (C=O) groups excluding carboxylic acids is 1. The minimum atomic E-state index is -1.77. The van der Waals surface area contributed by atoms with Crippen LogP contribution in [0.15, 0.2) is 25.4 Å². The van der Waals surface area contributed by atoms with Crippen molar-refractivity contribution in [3.8, 4) is 5.75 Å². The zero-order chi connectivity index (χ0) is 16.4. The molecule has 0 spiro atoms. The molecule has 2 rings (SSSR count). The maximum absolute atomic E-state index is 12.1. The predicted molar refractivity (Wildman–Crippen MR) is 87.5 cm³/mol. The van der Waals surface area contributed by atoms with Crippen molar-refractivity contribution < 1.29 is 18.8 Å². The average molecular weight is 389 g/mol. The van der Waals surface area contributed by atoms with Crippen molar-refractivity contribution in [2.75, 3.05) is 26.5 Å². The first-order chi connectivity index (χ1) is 10.3. The van der Waals surface area contributed by atoms with Crippen LogP contribution in [0.4, 0.5) is 5.69 Å². The molecule has 1 atom stereocenters. The highest BCUT2D eigenvalue weighted by Gasteiger charge is 2.24. The molecule has 1 aliphatic rings. The smallest absolute Gasteiger partial charge is 0.271 e. The average Bonchev–Trinajstić information content (AvgIpc) is 2.81. The molecule has 8 nitrogen and oxygen atoms in total. The van der Waals surface area contributed by atoms with Crippen LogP contribution in [0.1, 0.15) is 10.4 Å². The van der Waals surface area contributed by atoms with E-state index in [1.165, 1.54) is 12.0 Å². The number of rotatable bonds is 2. The van der Waals surface area contributed by atoms with Crippen LogP contribution in [0, 0.1) is 0 Å². The highest BCUT2D eigenvalue weighted by atomic mass is 79.9. The monoisotopic (exact) mass is 388 g/mol. The van der Waals surface area contributed by atoms with Gasteiger partial charge >= 0.3 is 0 Å². The van der Waals surface area contributed by atoms with Gasteiger partial charge in [-0.3, -0.25) is 4.79 Å². The summed E-state index contributed by atoms with van der Waals surface area (Å²) in [7, 11) is 4.52. The van der Waals surface area contributed by atoms with E-state index >= 15 is 0 Å². The number of amidine groups is 1. The van der Waals surface area contributed by atoms with E-state index in [1.54, 1.807) is 26.2 Å². The van der Waals surface area contributed by atoms with Crippen molar-refractivity contribution in [3.05, 3.63) is 22.2 Å². The van der Waals surface area contributed by atoms with E-state index < -0.39 is 11.2 Å². The Bertz CT molecular complexity index is 717. The van der Waals surface area contributed by atoms with Gasteiger partial charge < -0.3 is 20.1 Å². The molecule has 1 aliphatic heterocycles. The number of ether oxygens (including phenoxy) is 1. The number of aromatic hydroxyl groups is 1. The summed E-state index contributed by atoms with van der Waals surface area (Å²) in [5.41, 5.74) is 0.321. The van der Waals surface area contributed by atoms with Crippen molar-refractivity contribution in [3.63, 3.8) is 0 Å². The number of phenols is 1. The summed E-state index contributed by atoms with van der Waals surface area (Å²) in [5.74, 6) is -0.461. The Morgan fingerprint density at radius 3 is 2.68 bits per heavy atom. The largest absolute Gasteiger partial charge is 0.505 e. The minimum absolute atomic E-state index is 0.0566. The lowest BCUT2D eigenvalue weighted by atomic mass is 10.1. The Balaban J connectivity index is 2.40. The first-order valence-electron chi connectivity index (χ1n) is 5.99. The SMILES string of the molecule is COC1=NS(=O)N=C1Nc1ccc(Br)c(C(=O)N(C)C)c1O. The minimum Gasteiger partial charge on any atom is -0.505 e. The Labute approximate surface area is 137 Å². The van der Waals surface area contributed by atoms with Crippen molar-refractivity contribution >= 4 is 50.4 Å². The molecular weight excluding hydrogens is 376 g/mol. The summed E-state index contributed by atoms with van der Waals surface area (Å²) in [6, 6.07) is 3.15. The highest BCUT2D eigenvalue weighted by molar-refractivity contribution is 9.10. The van der Waals surface area contributed by atoms with Crippen LogP contribution in [-0.2, 0) is 15.9 Å². The van der Waals surface area contributed by atoms with Gasteiger partial charge in [-0.25, -0.2) is 4.21 Å². The fraction of sp³-hybridized carbons (Fsp3) is 0.250. The van der Waals surface area contributed by atoms with Gasteiger partial charge in [0.2, 0.25) is 5.84 Å². The lowest BCUT2D eigenvalue weighted by Crippen LogP contribution is -2.24. The fourth-order valence-electron chi connectivity index (χ4n) is 1.68. The van der Waals surface area contributed by atoms with Crippen molar-refractivity contribution in [2.45, 2.75) is 0 Å². The first-order valence-corrected chi connectivity index (χ1v) is 7.84. The Kier molecular flexibility index (Phi) is 4.81. The maximum atomic E-state index is 12.1. The number of hydrogen-bond donors (Lipinski definition) is 2. The molecule has 0 aromatic heterocycles. The van der Waals surface area contributed by atoms with E-state index in [2.05, 4.69) is 30.0 Å². The lowest BCUT2D eigenvalue weighted by molar-refractivity contribution is 0.0824. The number of amides is 1. The van der Waals surface area contributed by atoms with E-state index in [1.807, 2.05) is 0 Å². The summed E-state index contributed by atoms with van der Waals surface area (Å²) in [4.78, 5) is 13.5. The number of hydrogen-bond acceptors (Lipinski definition) is 5. The van der Waals surface area contributed by atoms with E-state index in [4.69, 9.17) is 4.74 Å². The summed E-state index contributed by atoms with van der Waals surface area (Å²) >= 11 is 1.47. The normalized spacial score (nSPS) is 16.8. The van der Waals surface area contributed by atoms with Crippen LogP contribution >= 0.6 is 15.9 Å². The second kappa shape index (κ2) is 6.44. The summed E-state index contributed by atoms with van der Waals surface area (Å²) in [5, 5.41) is 13.1. The Hall–Kier alpha value is -1.94. The van der Waals surface area contributed by atoms with Crippen molar-refractivity contribution in [1.29, 1.82) is 0 Å². The molecule has 0 saturated heterocycles. The number of phenolic OH excluding ortho intramolecular Hbond substituents is 1. The molecular formula is C12H13BrN4O4S. The second-order valence-corrected chi connectivity index (χ2v) is 6.10. The third-order valence-corrected chi connectivity index (χ3v) is 4.05. The first kappa shape index (κ1) is 16.4. The molecule has 2 N–H and O–H groups in total. The molecule has 22 heavy (non-hydrogen) atoms. The molecule has 0 saturated carbocycles. The Morgan fingerprint density at radius 2 is 2.09 bits per heavy atom. The van der Waals surface area contributed by atoms with Crippen molar-refractivity contribution in [2.24, 2.45) is 8.80 Å². The van der Waals surface area contributed by atoms with Crippen LogP contribution in [0.25, 0.3) is 0 Å². The van der Waals surface area contributed by atoms with E-state index in [-0.39, 0.29) is 34.6 Å². The molecule has 1 amide bonds. The number of halogens is 1. The number of methoxy groups -OCH3 is 1. The molecule has 0 radical (unpaired) electrons. The molecule has 118 valence electrons. The van der Waals surface area contributed by atoms with E-state index in [9.17, 15) is 14.1 Å². The summed E-state index contributed by atoms with van der Waals surface area (Å²) in [6.07, 6.45) is 0. The lowest BCUT2D eigenvalue weighted by Gasteiger charge is -2.16. The summed E-state index contributed by atoms with van der Waals surface area (Å²) < 4.78 is 24.1. The standard InChI is InChI=1S/C12H13BrN4O4S/c1-17(2)12(19)8-6(13)4-5-7(9(8)18)14-10-11(21-3)16-22(20)15-10/h4-5,18H,1-3H3,(H,14,15). The molecule has 0 aliphatic carbocycles. The molecule has 10 heteroatoms. The van der Waals surface area contributed by atoms with Gasteiger partial charge in [0.1, 0.15) is 0 Å². The van der Waals surface area contributed by atoms with Gasteiger partial charge in [-0.2, -0.15) is 0 Å². The third-order valence-electron chi connectivity index (χ3n) is 2.73. The van der Waals surface area contributed by atoms with Gasteiger partial charge in [0.05, 0.1) is 18.4 Å².